The van der Waals surface area contributed by atoms with E-state index in [0.29, 0.717) is 31.7 Å². The van der Waals surface area contributed by atoms with Gasteiger partial charge in [-0.1, -0.05) is 43.3 Å². The van der Waals surface area contributed by atoms with Crippen molar-refractivity contribution in [2.24, 2.45) is 0 Å². The fraction of sp³-hybridized carbons (Fsp3) is 0.429. The van der Waals surface area contributed by atoms with Crippen LogP contribution in [0.5, 0.6) is 0 Å². The number of ether oxygens (including phenoxy) is 1. The molecule has 9 nitrogen and oxygen atoms in total. The predicted octanol–water partition coefficient (Wildman–Crippen LogP) is 2.64. The number of rotatable bonds is 9. The second kappa shape index (κ2) is 11.8. The highest BCUT2D eigenvalue weighted by Crippen LogP contribution is 2.39. The van der Waals surface area contributed by atoms with Gasteiger partial charge in [0.1, 0.15) is 5.76 Å². The van der Waals surface area contributed by atoms with Gasteiger partial charge in [-0.3, -0.25) is 14.5 Å². The quantitative estimate of drug-likeness (QED) is 0.295. The van der Waals surface area contributed by atoms with E-state index in [2.05, 4.69) is 4.90 Å². The molecule has 2 aliphatic heterocycles. The molecule has 2 aromatic rings. The Hall–Kier alpha value is -3.05. The van der Waals surface area contributed by atoms with Gasteiger partial charge >= 0.3 is 0 Å². The van der Waals surface area contributed by atoms with E-state index in [1.54, 1.807) is 0 Å². The monoisotopic (exact) mass is 541 g/mol. The summed E-state index contributed by atoms with van der Waals surface area (Å²) in [6.45, 7) is 6.15. The van der Waals surface area contributed by atoms with Crippen LogP contribution in [-0.4, -0.2) is 92.8 Å². The van der Waals surface area contributed by atoms with Crippen LogP contribution in [0.1, 0.15) is 36.1 Å². The molecule has 0 aliphatic carbocycles. The van der Waals surface area contributed by atoms with E-state index in [9.17, 15) is 23.1 Å². The number of aliphatic hydroxyl groups excluding tert-OH is 1. The summed E-state index contributed by atoms with van der Waals surface area (Å²) in [6, 6.07) is 12.7. The van der Waals surface area contributed by atoms with Crippen LogP contribution in [0, 0.1) is 0 Å². The average Bonchev–Trinajstić information content (AvgIpc) is 3.18. The van der Waals surface area contributed by atoms with E-state index in [1.165, 1.54) is 43.3 Å². The SMILES string of the molecule is CCc1ccc([C@@H]2C(=C(O)c3cccc(S(=O)(=O)N(C)C)c3)C(=O)C(=O)N2CCCN2CCOCC2)cc1. The summed E-state index contributed by atoms with van der Waals surface area (Å²) >= 11 is 0. The molecule has 0 radical (unpaired) electrons. The second-order valence-electron chi connectivity index (χ2n) is 9.71. The Morgan fingerprint density at radius 2 is 1.74 bits per heavy atom. The molecule has 2 fully saturated rings. The molecule has 38 heavy (non-hydrogen) atoms. The first-order chi connectivity index (χ1) is 18.1. The number of ketones is 1. The molecule has 1 amide bonds. The van der Waals surface area contributed by atoms with Crippen molar-refractivity contribution in [3.8, 4) is 0 Å². The highest BCUT2D eigenvalue weighted by molar-refractivity contribution is 7.89. The van der Waals surface area contributed by atoms with Crippen LogP contribution >= 0.6 is 0 Å². The van der Waals surface area contributed by atoms with Gasteiger partial charge in [0.15, 0.2) is 0 Å². The maximum absolute atomic E-state index is 13.3. The number of benzene rings is 2. The van der Waals surface area contributed by atoms with Crippen molar-refractivity contribution in [1.29, 1.82) is 0 Å². The fourth-order valence-corrected chi connectivity index (χ4v) is 5.80. The van der Waals surface area contributed by atoms with Gasteiger partial charge in [-0.05, 0) is 36.1 Å². The summed E-state index contributed by atoms with van der Waals surface area (Å²) in [5, 5.41) is 11.4. The Morgan fingerprint density at radius 3 is 2.37 bits per heavy atom. The van der Waals surface area contributed by atoms with Crippen LogP contribution < -0.4 is 0 Å². The highest BCUT2D eigenvalue weighted by atomic mass is 32.2. The Kier molecular flexibility index (Phi) is 8.67. The number of hydrogen-bond donors (Lipinski definition) is 1. The Balaban J connectivity index is 1.73. The smallest absolute Gasteiger partial charge is 0.295 e. The topological polar surface area (TPSA) is 107 Å². The van der Waals surface area contributed by atoms with Crippen molar-refractivity contribution in [3.05, 3.63) is 70.8 Å². The van der Waals surface area contributed by atoms with Crippen molar-refractivity contribution >= 4 is 27.5 Å². The molecule has 2 aromatic carbocycles. The number of carbonyl (C=O) groups excluding carboxylic acids is 2. The second-order valence-corrected chi connectivity index (χ2v) is 11.9. The number of likely N-dealkylation sites (tertiary alicyclic amines) is 1. The van der Waals surface area contributed by atoms with Gasteiger partial charge in [-0.2, -0.15) is 0 Å². The molecule has 1 atom stereocenters. The lowest BCUT2D eigenvalue weighted by molar-refractivity contribution is -0.140. The van der Waals surface area contributed by atoms with Crippen LogP contribution in [0.3, 0.4) is 0 Å². The number of aryl methyl sites for hydroxylation is 1. The standard InChI is InChI=1S/C28H35N3O6S/c1-4-20-9-11-21(12-10-20)25-24(26(32)22-7-5-8-23(19-22)38(35,36)29(2)3)27(33)28(34)31(25)14-6-13-30-15-17-37-18-16-30/h5,7-12,19,25,32H,4,6,13-18H2,1-3H3/t25-/m1/s1. The molecule has 10 heteroatoms. The summed E-state index contributed by atoms with van der Waals surface area (Å²) < 4.78 is 31.8. The molecule has 2 heterocycles. The van der Waals surface area contributed by atoms with E-state index in [4.69, 9.17) is 4.74 Å². The Bertz CT molecular complexity index is 1310. The molecule has 0 unspecified atom stereocenters. The maximum atomic E-state index is 13.3. The van der Waals surface area contributed by atoms with Crippen molar-refractivity contribution < 1.29 is 27.9 Å². The van der Waals surface area contributed by atoms with Gasteiger partial charge in [-0.25, -0.2) is 12.7 Å². The number of sulfonamides is 1. The minimum atomic E-state index is -3.76. The van der Waals surface area contributed by atoms with Gasteiger partial charge in [0.25, 0.3) is 11.7 Å². The van der Waals surface area contributed by atoms with Crippen molar-refractivity contribution in [3.63, 3.8) is 0 Å². The van der Waals surface area contributed by atoms with Crippen LogP contribution in [0.25, 0.3) is 5.76 Å². The lowest BCUT2D eigenvalue weighted by atomic mass is 9.94. The third-order valence-corrected chi connectivity index (χ3v) is 8.92. The third-order valence-electron chi connectivity index (χ3n) is 7.11. The molecule has 0 spiro atoms. The van der Waals surface area contributed by atoms with Crippen molar-refractivity contribution in [2.45, 2.75) is 30.7 Å². The number of carbonyl (C=O) groups is 2. The molecule has 2 saturated heterocycles. The zero-order valence-corrected chi connectivity index (χ0v) is 22.9. The minimum absolute atomic E-state index is 0.0184. The summed E-state index contributed by atoms with van der Waals surface area (Å²) in [5.74, 6) is -1.84. The fourth-order valence-electron chi connectivity index (χ4n) is 4.85. The number of morpholine rings is 1. The molecule has 0 bridgehead atoms. The van der Waals surface area contributed by atoms with Crippen molar-refractivity contribution in [1.82, 2.24) is 14.1 Å². The molecule has 2 aliphatic rings. The molecule has 4 rings (SSSR count). The summed E-state index contributed by atoms with van der Waals surface area (Å²) in [7, 11) is -0.922. The van der Waals surface area contributed by atoms with E-state index in [1.807, 2.05) is 31.2 Å². The lowest BCUT2D eigenvalue weighted by Gasteiger charge is -2.29. The molecule has 0 aromatic heterocycles. The molecule has 1 N–H and O–H groups in total. The zero-order chi connectivity index (χ0) is 27.4. The number of nitrogens with zero attached hydrogens (tertiary/aromatic N) is 3. The number of aliphatic hydroxyl groups is 1. The van der Waals surface area contributed by atoms with Crippen LogP contribution in [0.4, 0.5) is 0 Å². The van der Waals surface area contributed by atoms with Crippen LogP contribution in [0.15, 0.2) is 59.0 Å². The zero-order valence-electron chi connectivity index (χ0n) is 22.1. The maximum Gasteiger partial charge on any atom is 0.295 e. The Morgan fingerprint density at radius 1 is 1.05 bits per heavy atom. The van der Waals surface area contributed by atoms with Crippen molar-refractivity contribution in [2.75, 3.05) is 53.5 Å². The Labute approximate surface area is 224 Å². The summed E-state index contributed by atoms with van der Waals surface area (Å²) in [4.78, 5) is 30.4. The van der Waals surface area contributed by atoms with E-state index < -0.39 is 27.8 Å². The summed E-state index contributed by atoms with van der Waals surface area (Å²) in [6.07, 6.45) is 1.50. The molecule has 204 valence electrons. The third kappa shape index (κ3) is 5.68. The van der Waals surface area contributed by atoms with Crippen LogP contribution in [-0.2, 0) is 30.8 Å². The molecular formula is C28H35N3O6S. The number of hydrogen-bond acceptors (Lipinski definition) is 7. The van der Waals surface area contributed by atoms with Gasteiger partial charge in [0, 0.05) is 45.8 Å². The first-order valence-electron chi connectivity index (χ1n) is 12.9. The minimum Gasteiger partial charge on any atom is -0.507 e. The lowest BCUT2D eigenvalue weighted by Crippen LogP contribution is -2.38. The highest BCUT2D eigenvalue weighted by Gasteiger charge is 2.45. The van der Waals surface area contributed by atoms with Crippen LogP contribution in [0.2, 0.25) is 0 Å². The number of amides is 1. The van der Waals surface area contributed by atoms with Gasteiger partial charge in [-0.15, -0.1) is 0 Å². The first kappa shape index (κ1) is 28.0. The molecule has 0 saturated carbocycles. The average molecular weight is 542 g/mol. The normalized spacial score (nSPS) is 20.4. The van der Waals surface area contributed by atoms with Gasteiger partial charge < -0.3 is 14.7 Å². The summed E-state index contributed by atoms with van der Waals surface area (Å²) in [5.41, 5.74) is 1.95. The molecular weight excluding hydrogens is 506 g/mol. The predicted molar refractivity (Wildman–Crippen MR) is 144 cm³/mol. The van der Waals surface area contributed by atoms with Gasteiger partial charge in [0.05, 0.1) is 29.7 Å². The largest absolute Gasteiger partial charge is 0.507 e. The first-order valence-corrected chi connectivity index (χ1v) is 14.3. The van der Waals surface area contributed by atoms with Gasteiger partial charge in [0.2, 0.25) is 10.0 Å². The van der Waals surface area contributed by atoms with E-state index >= 15 is 0 Å². The number of Topliss-reactive ketones (excluding diaryl/α,β-unsaturated/α-hetero) is 1. The van der Waals surface area contributed by atoms with E-state index in [0.717, 1.165) is 35.9 Å². The van der Waals surface area contributed by atoms with E-state index in [-0.39, 0.29) is 21.8 Å².